The molecule has 0 aliphatic carbocycles. The molecule has 2 aromatic carbocycles. The quantitative estimate of drug-likeness (QED) is 0.505. The zero-order valence-corrected chi connectivity index (χ0v) is 18.0. The van der Waals surface area contributed by atoms with Crippen LogP contribution in [0.1, 0.15) is 34.2 Å². The maximum Gasteiger partial charge on any atom is 0.338 e. The number of esters is 1. The molecular formula is C21H23N5O4S. The topological polar surface area (TPSA) is 137 Å². The Morgan fingerprint density at radius 2 is 1.77 bits per heavy atom. The average molecular weight is 442 g/mol. The van der Waals surface area contributed by atoms with Crippen LogP contribution in [0.2, 0.25) is 0 Å². The summed E-state index contributed by atoms with van der Waals surface area (Å²) in [6.45, 7) is 1.85. The number of nitrogens with one attached hydrogen (secondary N) is 1. The molecule has 0 atom stereocenters. The smallest absolute Gasteiger partial charge is 0.338 e. The SMILES string of the molecule is CCc1ccccc1Nc1nc(N)nc(COC(=O)c2ccc(CS(C)(=O)=O)cc2)n1. The van der Waals surface area contributed by atoms with E-state index in [-0.39, 0.29) is 35.6 Å². The molecule has 1 aromatic heterocycles. The molecule has 0 aliphatic heterocycles. The first-order chi connectivity index (χ1) is 14.7. The normalized spacial score (nSPS) is 11.2. The summed E-state index contributed by atoms with van der Waals surface area (Å²) in [5, 5.41) is 3.12. The van der Waals surface area contributed by atoms with Gasteiger partial charge in [-0.15, -0.1) is 0 Å². The van der Waals surface area contributed by atoms with Gasteiger partial charge in [-0.1, -0.05) is 37.3 Å². The van der Waals surface area contributed by atoms with E-state index in [1.54, 1.807) is 12.1 Å². The third kappa shape index (κ3) is 6.48. The molecule has 0 saturated carbocycles. The summed E-state index contributed by atoms with van der Waals surface area (Å²) >= 11 is 0. The van der Waals surface area contributed by atoms with E-state index in [1.165, 1.54) is 12.1 Å². The minimum atomic E-state index is -3.15. The standard InChI is InChI=1S/C21H23N5O4S/c1-3-15-6-4-5-7-17(15)23-21-25-18(24-20(22)26-21)12-30-19(27)16-10-8-14(9-11-16)13-31(2,28)29/h4-11H,3,12-13H2,1-2H3,(H3,22,23,24,25,26). The van der Waals surface area contributed by atoms with Crippen LogP contribution < -0.4 is 11.1 Å². The maximum absolute atomic E-state index is 12.3. The third-order valence-electron chi connectivity index (χ3n) is 4.29. The van der Waals surface area contributed by atoms with Gasteiger partial charge in [0.15, 0.2) is 22.3 Å². The van der Waals surface area contributed by atoms with Crippen LogP contribution in [0.4, 0.5) is 17.6 Å². The first-order valence-corrected chi connectivity index (χ1v) is 11.6. The minimum Gasteiger partial charge on any atom is -0.454 e. The van der Waals surface area contributed by atoms with Crippen molar-refractivity contribution < 1.29 is 17.9 Å². The van der Waals surface area contributed by atoms with Crippen molar-refractivity contribution in [1.82, 2.24) is 15.0 Å². The van der Waals surface area contributed by atoms with Crippen molar-refractivity contribution >= 4 is 33.4 Å². The number of nitrogen functional groups attached to an aromatic ring is 1. The van der Waals surface area contributed by atoms with E-state index in [0.717, 1.165) is 23.9 Å². The van der Waals surface area contributed by atoms with Crippen molar-refractivity contribution in [2.45, 2.75) is 25.7 Å². The first kappa shape index (κ1) is 22.2. The van der Waals surface area contributed by atoms with Gasteiger partial charge in [-0.25, -0.2) is 13.2 Å². The Balaban J connectivity index is 1.67. The van der Waals surface area contributed by atoms with Gasteiger partial charge in [0.25, 0.3) is 0 Å². The predicted octanol–water partition coefficient (Wildman–Crippen LogP) is 2.66. The summed E-state index contributed by atoms with van der Waals surface area (Å²) in [7, 11) is -3.15. The lowest BCUT2D eigenvalue weighted by Gasteiger charge is -2.11. The number of rotatable bonds is 8. The molecule has 162 valence electrons. The van der Waals surface area contributed by atoms with E-state index in [4.69, 9.17) is 10.5 Å². The molecule has 0 radical (unpaired) electrons. The van der Waals surface area contributed by atoms with Gasteiger partial charge in [0.1, 0.15) is 0 Å². The minimum absolute atomic E-state index is 0.00246. The van der Waals surface area contributed by atoms with Crippen molar-refractivity contribution in [2.24, 2.45) is 0 Å². The molecular weight excluding hydrogens is 418 g/mol. The summed E-state index contributed by atoms with van der Waals surface area (Å²) in [5.41, 5.74) is 8.60. The molecule has 0 fully saturated rings. The number of aromatic nitrogens is 3. The second kappa shape index (κ2) is 9.52. The fourth-order valence-corrected chi connectivity index (χ4v) is 3.68. The number of carbonyl (C=O) groups excluding carboxylic acids is 1. The van der Waals surface area contributed by atoms with Crippen molar-refractivity contribution in [1.29, 1.82) is 0 Å². The Kier molecular flexibility index (Phi) is 6.81. The summed E-state index contributed by atoms with van der Waals surface area (Å²) < 4.78 is 28.0. The number of aryl methyl sites for hydroxylation is 1. The van der Waals surface area contributed by atoms with Crippen molar-refractivity contribution in [3.05, 3.63) is 71.0 Å². The molecule has 3 rings (SSSR count). The number of hydrogen-bond acceptors (Lipinski definition) is 9. The van der Waals surface area contributed by atoms with Crippen LogP contribution in [-0.4, -0.2) is 35.6 Å². The largest absolute Gasteiger partial charge is 0.454 e. The average Bonchev–Trinajstić information content (AvgIpc) is 2.71. The zero-order valence-electron chi connectivity index (χ0n) is 17.2. The molecule has 31 heavy (non-hydrogen) atoms. The Hall–Kier alpha value is -3.53. The summed E-state index contributed by atoms with van der Waals surface area (Å²) in [4.78, 5) is 24.7. The molecule has 0 spiro atoms. The number of para-hydroxylation sites is 1. The second-order valence-electron chi connectivity index (χ2n) is 6.91. The maximum atomic E-state index is 12.3. The number of ether oxygens (including phenoxy) is 1. The first-order valence-electron chi connectivity index (χ1n) is 9.52. The molecule has 9 nitrogen and oxygen atoms in total. The van der Waals surface area contributed by atoms with Gasteiger partial charge >= 0.3 is 5.97 Å². The highest BCUT2D eigenvalue weighted by Gasteiger charge is 2.12. The Bertz CT molecular complexity index is 1180. The number of nitrogens with zero attached hydrogens (tertiary/aromatic N) is 3. The number of sulfone groups is 1. The number of benzene rings is 2. The van der Waals surface area contributed by atoms with Gasteiger partial charge in [0, 0.05) is 11.9 Å². The fraction of sp³-hybridized carbons (Fsp3) is 0.238. The lowest BCUT2D eigenvalue weighted by Crippen LogP contribution is -2.11. The lowest BCUT2D eigenvalue weighted by molar-refractivity contribution is 0.0462. The highest BCUT2D eigenvalue weighted by Crippen LogP contribution is 2.19. The van der Waals surface area contributed by atoms with E-state index in [0.29, 0.717) is 5.56 Å². The molecule has 0 aliphatic rings. The summed E-state index contributed by atoms with van der Waals surface area (Å²) in [6, 6.07) is 13.9. The lowest BCUT2D eigenvalue weighted by atomic mass is 10.1. The van der Waals surface area contributed by atoms with Crippen LogP contribution in [0.5, 0.6) is 0 Å². The number of hydrogen-bond donors (Lipinski definition) is 2. The summed E-state index contributed by atoms with van der Waals surface area (Å²) in [5.74, 6) is -0.224. The van der Waals surface area contributed by atoms with Crippen molar-refractivity contribution in [3.8, 4) is 0 Å². The highest BCUT2D eigenvalue weighted by atomic mass is 32.2. The van der Waals surface area contributed by atoms with Crippen LogP contribution >= 0.6 is 0 Å². The van der Waals surface area contributed by atoms with Crippen LogP contribution in [0.25, 0.3) is 0 Å². The zero-order chi connectivity index (χ0) is 22.4. The molecule has 1 heterocycles. The van der Waals surface area contributed by atoms with Crippen LogP contribution in [-0.2, 0) is 33.4 Å². The Morgan fingerprint density at radius 1 is 1.06 bits per heavy atom. The number of anilines is 3. The molecule has 0 bridgehead atoms. The highest BCUT2D eigenvalue weighted by molar-refractivity contribution is 7.89. The van der Waals surface area contributed by atoms with Crippen LogP contribution in [0.15, 0.2) is 48.5 Å². The van der Waals surface area contributed by atoms with Gasteiger partial charge in [-0.3, -0.25) is 0 Å². The van der Waals surface area contributed by atoms with E-state index in [9.17, 15) is 13.2 Å². The van der Waals surface area contributed by atoms with Gasteiger partial charge < -0.3 is 15.8 Å². The predicted molar refractivity (Wildman–Crippen MR) is 117 cm³/mol. The molecule has 3 aromatic rings. The van der Waals surface area contributed by atoms with E-state index < -0.39 is 15.8 Å². The number of carbonyl (C=O) groups is 1. The van der Waals surface area contributed by atoms with Gasteiger partial charge in [0.2, 0.25) is 11.9 Å². The molecule has 0 saturated heterocycles. The Morgan fingerprint density at radius 3 is 2.45 bits per heavy atom. The van der Waals surface area contributed by atoms with E-state index >= 15 is 0 Å². The van der Waals surface area contributed by atoms with Crippen LogP contribution in [0, 0.1) is 0 Å². The van der Waals surface area contributed by atoms with E-state index in [2.05, 4.69) is 20.3 Å². The van der Waals surface area contributed by atoms with Crippen molar-refractivity contribution in [3.63, 3.8) is 0 Å². The molecule has 0 unspecified atom stereocenters. The number of nitrogens with two attached hydrogens (primary N) is 1. The molecule has 3 N–H and O–H groups in total. The summed E-state index contributed by atoms with van der Waals surface area (Å²) in [6.07, 6.45) is 1.98. The second-order valence-corrected chi connectivity index (χ2v) is 9.05. The molecule has 10 heteroatoms. The Labute approximate surface area is 180 Å². The van der Waals surface area contributed by atoms with Crippen molar-refractivity contribution in [2.75, 3.05) is 17.3 Å². The van der Waals surface area contributed by atoms with E-state index in [1.807, 2.05) is 31.2 Å². The van der Waals surface area contributed by atoms with Crippen LogP contribution in [0.3, 0.4) is 0 Å². The van der Waals surface area contributed by atoms with Gasteiger partial charge in [-0.2, -0.15) is 15.0 Å². The van der Waals surface area contributed by atoms with Gasteiger partial charge in [-0.05, 0) is 35.7 Å². The monoisotopic (exact) mass is 441 g/mol. The van der Waals surface area contributed by atoms with Gasteiger partial charge in [0.05, 0.1) is 11.3 Å². The molecule has 0 amide bonds. The third-order valence-corrected chi connectivity index (χ3v) is 5.15. The fourth-order valence-electron chi connectivity index (χ4n) is 2.88.